The molecule has 1 aromatic carbocycles. The predicted molar refractivity (Wildman–Crippen MR) is 63.1 cm³/mol. The number of aromatic nitrogens is 4. The first-order valence-electron chi connectivity index (χ1n) is 5.55. The summed E-state index contributed by atoms with van der Waals surface area (Å²) in [5.74, 6) is -0.428. The molecule has 0 saturated heterocycles. The quantitative estimate of drug-likeness (QED) is 0.635. The third-order valence-electron chi connectivity index (χ3n) is 2.44. The van der Waals surface area contributed by atoms with Crippen molar-refractivity contribution in [1.82, 2.24) is 25.5 Å². The highest BCUT2D eigenvalue weighted by Crippen LogP contribution is 2.20. The summed E-state index contributed by atoms with van der Waals surface area (Å²) in [5.41, 5.74) is -0.244. The average molecular weight is 266 g/mol. The van der Waals surface area contributed by atoms with Crippen LogP contribution in [0.3, 0.4) is 0 Å². The van der Waals surface area contributed by atoms with Crippen molar-refractivity contribution in [3.63, 3.8) is 0 Å². The molecule has 0 saturated carbocycles. The summed E-state index contributed by atoms with van der Waals surface area (Å²) in [4.78, 5) is 9.76. The molecule has 0 bridgehead atoms. The molecular formula is C10H11FN6O2. The number of hydrogen-bond acceptors (Lipinski definition) is 6. The smallest absolute Gasteiger partial charge is 0.304 e. The number of nitrogens with zero attached hydrogens (tertiary/aromatic N) is 5. The lowest BCUT2D eigenvalue weighted by atomic mass is 10.2. The van der Waals surface area contributed by atoms with E-state index in [1.54, 1.807) is 0 Å². The molecule has 19 heavy (non-hydrogen) atoms. The number of nitrogens with one attached hydrogen (secondary N) is 1. The Morgan fingerprint density at radius 2 is 2.32 bits per heavy atom. The summed E-state index contributed by atoms with van der Waals surface area (Å²) >= 11 is 0. The molecule has 0 aliphatic rings. The zero-order chi connectivity index (χ0) is 13.8. The van der Waals surface area contributed by atoms with Crippen molar-refractivity contribution < 1.29 is 9.31 Å². The van der Waals surface area contributed by atoms with Crippen molar-refractivity contribution in [2.75, 3.05) is 6.54 Å². The molecule has 0 spiro atoms. The number of nitro groups is 1. The molecule has 9 heteroatoms. The number of rotatable bonds is 5. The second-order valence-electron chi connectivity index (χ2n) is 3.68. The first-order chi connectivity index (χ1) is 9.13. The summed E-state index contributed by atoms with van der Waals surface area (Å²) in [5, 5.41) is 24.6. The van der Waals surface area contributed by atoms with Crippen molar-refractivity contribution in [2.24, 2.45) is 0 Å². The summed E-state index contributed by atoms with van der Waals surface area (Å²) in [6.45, 7) is 3.09. The lowest BCUT2D eigenvalue weighted by molar-refractivity contribution is -0.387. The molecule has 2 rings (SSSR count). The maximum Gasteiger partial charge on any atom is 0.304 e. The molecular weight excluding hydrogens is 255 g/mol. The molecule has 100 valence electrons. The largest absolute Gasteiger partial charge is 0.310 e. The minimum Gasteiger partial charge on any atom is -0.310 e. The summed E-state index contributed by atoms with van der Waals surface area (Å²) in [6.07, 6.45) is 0. The van der Waals surface area contributed by atoms with Gasteiger partial charge in [0, 0.05) is 12.1 Å². The van der Waals surface area contributed by atoms with Crippen LogP contribution in [-0.2, 0) is 6.54 Å². The number of halogens is 1. The minimum absolute atomic E-state index is 0.334. The van der Waals surface area contributed by atoms with Gasteiger partial charge in [-0.05, 0) is 23.0 Å². The van der Waals surface area contributed by atoms with E-state index >= 15 is 0 Å². The van der Waals surface area contributed by atoms with E-state index in [9.17, 15) is 14.5 Å². The van der Waals surface area contributed by atoms with Gasteiger partial charge in [0.2, 0.25) is 5.82 Å². The van der Waals surface area contributed by atoms with Crippen LogP contribution in [0.2, 0.25) is 0 Å². The topological polar surface area (TPSA) is 98.8 Å². The van der Waals surface area contributed by atoms with E-state index in [-0.39, 0.29) is 0 Å². The Morgan fingerprint density at radius 1 is 1.53 bits per heavy atom. The molecule has 0 aliphatic heterocycles. The van der Waals surface area contributed by atoms with E-state index < -0.39 is 16.4 Å². The maximum absolute atomic E-state index is 13.5. The summed E-state index contributed by atoms with van der Waals surface area (Å²) in [6, 6.07) is 3.51. The predicted octanol–water partition coefficient (Wildman–Crippen LogP) is 0.819. The van der Waals surface area contributed by atoms with Gasteiger partial charge in [0.25, 0.3) is 0 Å². The summed E-state index contributed by atoms with van der Waals surface area (Å²) in [7, 11) is 0. The van der Waals surface area contributed by atoms with Crippen LogP contribution in [0.15, 0.2) is 18.2 Å². The number of tetrazole rings is 1. The Labute approximate surface area is 107 Å². The highest BCUT2D eigenvalue weighted by molar-refractivity contribution is 5.42. The molecule has 0 unspecified atom stereocenters. The van der Waals surface area contributed by atoms with E-state index in [2.05, 4.69) is 20.8 Å². The van der Waals surface area contributed by atoms with E-state index in [1.807, 2.05) is 6.92 Å². The van der Waals surface area contributed by atoms with E-state index in [4.69, 9.17) is 0 Å². The van der Waals surface area contributed by atoms with Crippen LogP contribution in [0.4, 0.5) is 10.1 Å². The first-order valence-corrected chi connectivity index (χ1v) is 5.55. The monoisotopic (exact) mass is 266 g/mol. The Hall–Kier alpha value is -2.42. The highest BCUT2D eigenvalue weighted by Gasteiger charge is 2.16. The van der Waals surface area contributed by atoms with Gasteiger partial charge in [0.05, 0.1) is 17.2 Å². The fraction of sp³-hybridized carbons (Fsp3) is 0.300. The second-order valence-corrected chi connectivity index (χ2v) is 3.68. The van der Waals surface area contributed by atoms with Crippen molar-refractivity contribution in [2.45, 2.75) is 13.5 Å². The van der Waals surface area contributed by atoms with Gasteiger partial charge in [-0.2, -0.15) is 9.07 Å². The number of benzene rings is 1. The normalized spacial score (nSPS) is 10.6. The fourth-order valence-electron chi connectivity index (χ4n) is 1.53. The Bertz CT molecular complexity index is 599. The Morgan fingerprint density at radius 3 is 2.95 bits per heavy atom. The average Bonchev–Trinajstić information content (AvgIpc) is 2.83. The Balaban J connectivity index is 2.34. The lowest BCUT2D eigenvalue weighted by Gasteiger charge is -2.05. The van der Waals surface area contributed by atoms with E-state index in [0.29, 0.717) is 18.1 Å². The van der Waals surface area contributed by atoms with Crippen LogP contribution in [0.1, 0.15) is 12.7 Å². The van der Waals surface area contributed by atoms with Crippen LogP contribution in [0.5, 0.6) is 0 Å². The van der Waals surface area contributed by atoms with Crippen LogP contribution < -0.4 is 5.32 Å². The first kappa shape index (κ1) is 13.0. The molecule has 8 nitrogen and oxygen atoms in total. The van der Waals surface area contributed by atoms with E-state index in [0.717, 1.165) is 18.7 Å². The SMILES string of the molecule is CCNCc1nnnn1-c1ccc([N+](=O)[O-])c(F)c1. The minimum atomic E-state index is -0.924. The maximum atomic E-state index is 13.5. The molecule has 2 aromatic rings. The molecule has 0 radical (unpaired) electrons. The van der Waals surface area contributed by atoms with Crippen LogP contribution >= 0.6 is 0 Å². The zero-order valence-electron chi connectivity index (χ0n) is 10.1. The molecule has 0 amide bonds. The van der Waals surface area contributed by atoms with Crippen molar-refractivity contribution in [3.05, 3.63) is 40.0 Å². The van der Waals surface area contributed by atoms with Gasteiger partial charge in [-0.25, -0.2) is 0 Å². The third kappa shape index (κ3) is 2.71. The molecule has 1 heterocycles. The van der Waals surface area contributed by atoms with Crippen molar-refractivity contribution in [1.29, 1.82) is 0 Å². The molecule has 0 aliphatic carbocycles. The molecule has 0 atom stereocenters. The van der Waals surface area contributed by atoms with Gasteiger partial charge in [0.1, 0.15) is 0 Å². The third-order valence-corrected chi connectivity index (χ3v) is 2.44. The number of hydrogen-bond donors (Lipinski definition) is 1. The molecule has 0 fully saturated rings. The van der Waals surface area contributed by atoms with Crippen molar-refractivity contribution >= 4 is 5.69 Å². The van der Waals surface area contributed by atoms with Crippen LogP contribution in [0, 0.1) is 15.9 Å². The number of nitro benzene ring substituents is 1. The van der Waals surface area contributed by atoms with Crippen LogP contribution in [-0.4, -0.2) is 31.7 Å². The van der Waals surface area contributed by atoms with Gasteiger partial charge in [0.15, 0.2) is 5.82 Å². The van der Waals surface area contributed by atoms with Gasteiger partial charge < -0.3 is 5.32 Å². The van der Waals surface area contributed by atoms with Gasteiger partial charge in [-0.15, -0.1) is 5.10 Å². The summed E-state index contributed by atoms with van der Waals surface area (Å²) < 4.78 is 14.9. The zero-order valence-corrected chi connectivity index (χ0v) is 10.1. The van der Waals surface area contributed by atoms with Gasteiger partial charge in [-0.1, -0.05) is 6.92 Å². The Kier molecular flexibility index (Phi) is 3.76. The van der Waals surface area contributed by atoms with Crippen molar-refractivity contribution in [3.8, 4) is 5.69 Å². The van der Waals surface area contributed by atoms with Crippen LogP contribution in [0.25, 0.3) is 5.69 Å². The fourth-order valence-corrected chi connectivity index (χ4v) is 1.53. The highest BCUT2D eigenvalue weighted by atomic mass is 19.1. The van der Waals surface area contributed by atoms with Gasteiger partial charge in [-0.3, -0.25) is 10.1 Å². The van der Waals surface area contributed by atoms with Gasteiger partial charge >= 0.3 is 5.69 Å². The van der Waals surface area contributed by atoms with E-state index in [1.165, 1.54) is 10.7 Å². The molecule has 1 aromatic heterocycles. The standard InChI is InChI=1S/C10H11FN6O2/c1-2-12-6-10-13-14-15-16(10)7-3-4-9(17(18)19)8(11)5-7/h3-5,12H,2,6H2,1H3. The lowest BCUT2D eigenvalue weighted by Crippen LogP contribution is -2.16. The molecule has 1 N–H and O–H groups in total. The second kappa shape index (κ2) is 5.48.